The number of rotatable bonds is 4. The Morgan fingerprint density at radius 2 is 1.82 bits per heavy atom. The minimum atomic E-state index is -0.296. The van der Waals surface area contributed by atoms with E-state index >= 15 is 0 Å². The van der Waals surface area contributed by atoms with E-state index in [1.54, 1.807) is 30.1 Å². The number of imidazole rings is 1. The molecule has 0 N–H and O–H groups in total. The van der Waals surface area contributed by atoms with Gasteiger partial charge >= 0.3 is 0 Å². The number of fused-ring (bicyclic) bond motifs is 1. The first kappa shape index (κ1) is 18.4. The summed E-state index contributed by atoms with van der Waals surface area (Å²) in [6.45, 7) is 1.09. The van der Waals surface area contributed by atoms with Crippen LogP contribution in [0.4, 0.5) is 4.39 Å². The maximum absolute atomic E-state index is 14.0. The molecule has 144 valence electrons. The van der Waals surface area contributed by atoms with E-state index < -0.39 is 0 Å². The Hall–Kier alpha value is -2.95. The Kier molecular flexibility index (Phi) is 5.24. The number of carbonyl (C=O) groups is 1. The van der Waals surface area contributed by atoms with Gasteiger partial charge in [0.05, 0.1) is 5.69 Å². The summed E-state index contributed by atoms with van der Waals surface area (Å²) in [6, 6.07) is 16.6. The SMILES string of the molecule is CN(Cc1ccccc1F)C(=O)c1nc(-c2ccccc2)n2c1CCCCC2. The van der Waals surface area contributed by atoms with Gasteiger partial charge in [0.2, 0.25) is 0 Å². The molecule has 2 heterocycles. The average Bonchev–Trinajstić information content (AvgIpc) is 2.90. The summed E-state index contributed by atoms with van der Waals surface area (Å²) < 4.78 is 16.2. The first-order valence-electron chi connectivity index (χ1n) is 9.79. The summed E-state index contributed by atoms with van der Waals surface area (Å²) in [5, 5.41) is 0. The number of nitrogens with zero attached hydrogens (tertiary/aromatic N) is 3. The Morgan fingerprint density at radius 3 is 2.61 bits per heavy atom. The normalized spacial score (nSPS) is 13.6. The molecule has 0 saturated heterocycles. The number of hydrogen-bond donors (Lipinski definition) is 0. The highest BCUT2D eigenvalue weighted by molar-refractivity contribution is 5.94. The summed E-state index contributed by atoms with van der Waals surface area (Å²) in [5.74, 6) is 0.395. The predicted molar refractivity (Wildman–Crippen MR) is 107 cm³/mol. The molecule has 1 aliphatic rings. The first-order chi connectivity index (χ1) is 13.6. The van der Waals surface area contributed by atoms with Crippen molar-refractivity contribution in [2.45, 2.75) is 38.8 Å². The molecule has 1 aliphatic heterocycles. The zero-order valence-electron chi connectivity index (χ0n) is 16.1. The van der Waals surface area contributed by atoms with E-state index in [1.165, 1.54) is 6.07 Å². The van der Waals surface area contributed by atoms with Gasteiger partial charge in [-0.1, -0.05) is 55.0 Å². The smallest absolute Gasteiger partial charge is 0.274 e. The lowest BCUT2D eigenvalue weighted by atomic mass is 10.1. The Labute approximate surface area is 164 Å². The number of halogens is 1. The van der Waals surface area contributed by atoms with E-state index in [1.807, 2.05) is 30.3 Å². The maximum atomic E-state index is 14.0. The molecule has 0 atom stereocenters. The third-order valence-electron chi connectivity index (χ3n) is 5.31. The summed E-state index contributed by atoms with van der Waals surface area (Å²) in [5.41, 5.74) is 3.02. The van der Waals surface area contributed by atoms with Crippen LogP contribution < -0.4 is 0 Å². The van der Waals surface area contributed by atoms with Crippen molar-refractivity contribution in [1.82, 2.24) is 14.5 Å². The molecular weight excluding hydrogens is 353 g/mol. The highest BCUT2D eigenvalue weighted by Crippen LogP contribution is 2.28. The lowest BCUT2D eigenvalue weighted by molar-refractivity contribution is 0.0777. The maximum Gasteiger partial charge on any atom is 0.274 e. The summed E-state index contributed by atoms with van der Waals surface area (Å²) >= 11 is 0. The molecule has 0 saturated carbocycles. The van der Waals surface area contributed by atoms with E-state index in [9.17, 15) is 9.18 Å². The number of amides is 1. The van der Waals surface area contributed by atoms with E-state index in [0.29, 0.717) is 11.3 Å². The molecule has 2 aromatic carbocycles. The molecule has 3 aromatic rings. The summed E-state index contributed by atoms with van der Waals surface area (Å²) in [4.78, 5) is 19.5. The van der Waals surface area contributed by atoms with Gasteiger partial charge in [-0.05, 0) is 25.3 Å². The summed E-state index contributed by atoms with van der Waals surface area (Å²) in [7, 11) is 1.71. The molecule has 4 nitrogen and oxygen atoms in total. The van der Waals surface area contributed by atoms with Crippen molar-refractivity contribution in [3.05, 3.63) is 77.4 Å². The zero-order chi connectivity index (χ0) is 19.5. The molecule has 1 aromatic heterocycles. The van der Waals surface area contributed by atoms with Crippen LogP contribution in [0, 0.1) is 5.82 Å². The quantitative estimate of drug-likeness (QED) is 0.662. The number of aromatic nitrogens is 2. The fraction of sp³-hybridized carbons (Fsp3) is 0.304. The van der Waals surface area contributed by atoms with Crippen molar-refractivity contribution in [3.8, 4) is 11.4 Å². The van der Waals surface area contributed by atoms with Crippen LogP contribution in [0.2, 0.25) is 0 Å². The fourth-order valence-electron chi connectivity index (χ4n) is 3.83. The van der Waals surface area contributed by atoms with Gasteiger partial charge in [0.1, 0.15) is 17.3 Å². The molecular formula is C23H24FN3O. The minimum Gasteiger partial charge on any atom is -0.336 e. The second kappa shape index (κ2) is 7.97. The highest BCUT2D eigenvalue weighted by Gasteiger charge is 2.26. The van der Waals surface area contributed by atoms with Gasteiger partial charge in [0, 0.05) is 31.3 Å². The summed E-state index contributed by atoms with van der Waals surface area (Å²) in [6.07, 6.45) is 4.13. The van der Waals surface area contributed by atoms with Crippen LogP contribution in [-0.2, 0) is 19.5 Å². The molecule has 1 amide bonds. The molecule has 0 unspecified atom stereocenters. The molecule has 0 fully saturated rings. The van der Waals surface area contributed by atoms with Gasteiger partial charge in [-0.3, -0.25) is 4.79 Å². The molecule has 0 aliphatic carbocycles. The minimum absolute atomic E-state index is 0.156. The highest BCUT2D eigenvalue weighted by atomic mass is 19.1. The van der Waals surface area contributed by atoms with E-state index in [0.717, 1.165) is 49.3 Å². The van der Waals surface area contributed by atoms with Gasteiger partial charge in [0.15, 0.2) is 0 Å². The van der Waals surface area contributed by atoms with Crippen molar-refractivity contribution in [2.24, 2.45) is 0 Å². The van der Waals surface area contributed by atoms with Crippen LogP contribution in [-0.4, -0.2) is 27.4 Å². The fourth-order valence-corrected chi connectivity index (χ4v) is 3.83. The largest absolute Gasteiger partial charge is 0.336 e. The number of hydrogen-bond acceptors (Lipinski definition) is 2. The van der Waals surface area contributed by atoms with Gasteiger partial charge in [-0.15, -0.1) is 0 Å². The molecule has 28 heavy (non-hydrogen) atoms. The predicted octanol–water partition coefficient (Wildman–Crippen LogP) is 4.69. The van der Waals surface area contributed by atoms with E-state index in [-0.39, 0.29) is 18.3 Å². The lowest BCUT2D eigenvalue weighted by Crippen LogP contribution is -2.28. The standard InChI is InChI=1S/C23H24FN3O/c1-26(16-18-12-7-8-13-19(18)24)23(28)21-20-14-6-3-9-15-27(20)22(25-21)17-10-4-2-5-11-17/h2,4-5,7-8,10-13H,3,6,9,14-16H2,1H3. The average molecular weight is 377 g/mol. The van der Waals surface area contributed by atoms with Gasteiger partial charge in [0.25, 0.3) is 5.91 Å². The molecule has 4 rings (SSSR count). The Balaban J connectivity index is 1.69. The second-order valence-electron chi connectivity index (χ2n) is 7.31. The third kappa shape index (κ3) is 3.57. The zero-order valence-corrected chi connectivity index (χ0v) is 16.1. The van der Waals surface area contributed by atoms with Crippen molar-refractivity contribution >= 4 is 5.91 Å². The number of benzene rings is 2. The Morgan fingerprint density at radius 1 is 1.07 bits per heavy atom. The third-order valence-corrected chi connectivity index (χ3v) is 5.31. The molecule has 5 heteroatoms. The molecule has 0 bridgehead atoms. The second-order valence-corrected chi connectivity index (χ2v) is 7.31. The van der Waals surface area contributed by atoms with Crippen LogP contribution in [0.1, 0.15) is 41.0 Å². The van der Waals surface area contributed by atoms with Crippen LogP contribution in [0.5, 0.6) is 0 Å². The van der Waals surface area contributed by atoms with E-state index in [2.05, 4.69) is 4.57 Å². The van der Waals surface area contributed by atoms with Gasteiger partial charge < -0.3 is 9.47 Å². The lowest BCUT2D eigenvalue weighted by Gasteiger charge is -2.17. The van der Waals surface area contributed by atoms with Crippen molar-refractivity contribution in [2.75, 3.05) is 7.05 Å². The van der Waals surface area contributed by atoms with Gasteiger partial charge in [-0.25, -0.2) is 9.37 Å². The van der Waals surface area contributed by atoms with Crippen molar-refractivity contribution < 1.29 is 9.18 Å². The van der Waals surface area contributed by atoms with Crippen molar-refractivity contribution in [1.29, 1.82) is 0 Å². The first-order valence-corrected chi connectivity index (χ1v) is 9.79. The molecule has 0 radical (unpaired) electrons. The van der Waals surface area contributed by atoms with Crippen LogP contribution in [0.25, 0.3) is 11.4 Å². The number of carbonyl (C=O) groups excluding carboxylic acids is 1. The Bertz CT molecular complexity index is 981. The van der Waals surface area contributed by atoms with Gasteiger partial charge in [-0.2, -0.15) is 0 Å². The van der Waals surface area contributed by atoms with Crippen LogP contribution in [0.3, 0.4) is 0 Å². The van der Waals surface area contributed by atoms with Crippen LogP contribution >= 0.6 is 0 Å². The monoisotopic (exact) mass is 377 g/mol. The van der Waals surface area contributed by atoms with Crippen molar-refractivity contribution in [3.63, 3.8) is 0 Å². The topological polar surface area (TPSA) is 38.1 Å². The van der Waals surface area contributed by atoms with Crippen LogP contribution in [0.15, 0.2) is 54.6 Å². The molecule has 0 spiro atoms. The van der Waals surface area contributed by atoms with E-state index in [4.69, 9.17) is 4.98 Å².